The molecule has 0 fully saturated rings. The van der Waals surface area contributed by atoms with Crippen molar-refractivity contribution >= 4 is 50.7 Å². The number of halogens is 2. The van der Waals surface area contributed by atoms with Gasteiger partial charge in [0.05, 0.1) is 10.6 Å². The van der Waals surface area contributed by atoms with Gasteiger partial charge in [-0.05, 0) is 73.9 Å². The summed E-state index contributed by atoms with van der Waals surface area (Å²) in [6.07, 6.45) is 1.72. The molecule has 0 saturated heterocycles. The van der Waals surface area contributed by atoms with Crippen molar-refractivity contribution in [3.63, 3.8) is 0 Å². The number of benzene rings is 3. The van der Waals surface area contributed by atoms with Gasteiger partial charge >= 0.3 is 0 Å². The van der Waals surface area contributed by atoms with Crippen LogP contribution in [0.1, 0.15) is 37.8 Å². The summed E-state index contributed by atoms with van der Waals surface area (Å²) in [4.78, 5) is 28.4. The topological polar surface area (TPSA) is 86.8 Å². The molecule has 1 unspecified atom stereocenters. The Morgan fingerprint density at radius 3 is 2.21 bits per heavy atom. The van der Waals surface area contributed by atoms with Crippen molar-refractivity contribution in [2.75, 3.05) is 17.4 Å². The van der Waals surface area contributed by atoms with Crippen LogP contribution in [0.25, 0.3) is 0 Å². The number of nitrogens with zero attached hydrogens (tertiary/aromatic N) is 2. The molecule has 0 aliphatic carbocycles. The maximum absolute atomic E-state index is 13.9. The molecular weight excluding hydrogens is 557 g/mol. The number of carbonyl (C=O) groups excluding carboxylic acids is 2. The van der Waals surface area contributed by atoms with Crippen LogP contribution in [-0.4, -0.2) is 44.3 Å². The fraction of sp³-hybridized carbons (Fsp3) is 0.310. The number of amides is 2. The van der Waals surface area contributed by atoms with Crippen molar-refractivity contribution in [1.82, 2.24) is 10.2 Å². The Hall–Kier alpha value is -3.07. The van der Waals surface area contributed by atoms with Gasteiger partial charge in [-0.3, -0.25) is 13.9 Å². The summed E-state index contributed by atoms with van der Waals surface area (Å²) in [6, 6.07) is 18.8. The Balaban J connectivity index is 2.01. The van der Waals surface area contributed by atoms with Gasteiger partial charge < -0.3 is 10.2 Å². The first-order chi connectivity index (χ1) is 18.5. The molecule has 0 saturated carbocycles. The second kappa shape index (κ2) is 13.8. The molecule has 0 heterocycles. The first-order valence-electron chi connectivity index (χ1n) is 12.7. The van der Waals surface area contributed by atoms with Crippen LogP contribution in [0.3, 0.4) is 0 Å². The van der Waals surface area contributed by atoms with Crippen molar-refractivity contribution in [2.24, 2.45) is 0 Å². The van der Waals surface area contributed by atoms with E-state index in [-0.39, 0.29) is 17.3 Å². The second-order valence-corrected chi connectivity index (χ2v) is 12.0. The summed E-state index contributed by atoms with van der Waals surface area (Å²) in [7, 11) is -4.14. The third kappa shape index (κ3) is 7.97. The number of carbonyl (C=O) groups is 2. The zero-order valence-electron chi connectivity index (χ0n) is 22.2. The molecule has 0 spiro atoms. The molecule has 3 aromatic carbocycles. The Morgan fingerprint density at radius 1 is 0.949 bits per heavy atom. The molecule has 0 aliphatic heterocycles. The smallest absolute Gasteiger partial charge is 0.264 e. The normalized spacial score (nSPS) is 12.0. The predicted octanol–water partition coefficient (Wildman–Crippen LogP) is 5.83. The van der Waals surface area contributed by atoms with Gasteiger partial charge in [0.2, 0.25) is 11.8 Å². The van der Waals surface area contributed by atoms with E-state index in [1.807, 2.05) is 6.92 Å². The van der Waals surface area contributed by atoms with E-state index in [1.165, 1.54) is 17.0 Å². The third-order valence-electron chi connectivity index (χ3n) is 6.30. The van der Waals surface area contributed by atoms with Crippen molar-refractivity contribution in [2.45, 2.75) is 51.1 Å². The SMILES string of the molecule is CCCCNC(=O)C(C)N(Cc1ccc(Cl)cc1)C(=O)CN(c1ccc(Cl)cc1C)S(=O)(=O)c1ccccc1. The number of hydrogen-bond donors (Lipinski definition) is 1. The fourth-order valence-electron chi connectivity index (χ4n) is 4.04. The highest BCUT2D eigenvalue weighted by atomic mass is 35.5. The fourth-order valence-corrected chi connectivity index (χ4v) is 5.89. The molecule has 208 valence electrons. The lowest BCUT2D eigenvalue weighted by atomic mass is 10.1. The molecule has 39 heavy (non-hydrogen) atoms. The molecule has 1 N–H and O–H groups in total. The van der Waals surface area contributed by atoms with Gasteiger partial charge in [0, 0.05) is 23.1 Å². The molecule has 0 aliphatic rings. The number of sulfonamides is 1. The lowest BCUT2D eigenvalue weighted by molar-refractivity contribution is -0.139. The molecule has 0 radical (unpaired) electrons. The van der Waals surface area contributed by atoms with Gasteiger partial charge in [-0.25, -0.2) is 8.42 Å². The molecule has 10 heteroatoms. The van der Waals surface area contributed by atoms with Crippen LogP contribution in [-0.2, 0) is 26.2 Å². The quantitative estimate of drug-likeness (QED) is 0.269. The van der Waals surface area contributed by atoms with Crippen LogP contribution in [0.4, 0.5) is 5.69 Å². The van der Waals surface area contributed by atoms with Gasteiger partial charge in [0.1, 0.15) is 12.6 Å². The van der Waals surface area contributed by atoms with Gasteiger partial charge in [0.15, 0.2) is 0 Å². The number of unbranched alkanes of at least 4 members (excludes halogenated alkanes) is 1. The highest BCUT2D eigenvalue weighted by Gasteiger charge is 2.33. The Morgan fingerprint density at radius 2 is 1.59 bits per heavy atom. The molecule has 2 amide bonds. The van der Waals surface area contributed by atoms with Crippen molar-refractivity contribution < 1.29 is 18.0 Å². The van der Waals surface area contributed by atoms with Gasteiger partial charge in [-0.1, -0.05) is 66.9 Å². The zero-order chi connectivity index (χ0) is 28.6. The van der Waals surface area contributed by atoms with Crippen LogP contribution in [0.5, 0.6) is 0 Å². The molecule has 7 nitrogen and oxygen atoms in total. The van der Waals surface area contributed by atoms with Gasteiger partial charge in [-0.15, -0.1) is 0 Å². The molecule has 3 rings (SSSR count). The van der Waals surface area contributed by atoms with Crippen molar-refractivity contribution in [3.05, 3.63) is 94.0 Å². The van der Waals surface area contributed by atoms with Gasteiger partial charge in [0.25, 0.3) is 10.0 Å². The molecule has 1 atom stereocenters. The Bertz CT molecular complexity index is 1380. The van der Waals surface area contributed by atoms with Gasteiger partial charge in [-0.2, -0.15) is 0 Å². The van der Waals surface area contributed by atoms with E-state index in [4.69, 9.17) is 23.2 Å². The molecule has 0 aromatic heterocycles. The Kier molecular flexibility index (Phi) is 10.8. The highest BCUT2D eigenvalue weighted by molar-refractivity contribution is 7.92. The van der Waals surface area contributed by atoms with E-state index in [2.05, 4.69) is 5.32 Å². The van der Waals surface area contributed by atoms with E-state index in [9.17, 15) is 18.0 Å². The van der Waals surface area contributed by atoms with Crippen LogP contribution >= 0.6 is 23.2 Å². The first kappa shape index (κ1) is 30.5. The maximum atomic E-state index is 13.9. The van der Waals surface area contributed by atoms with Crippen LogP contribution in [0, 0.1) is 6.92 Å². The minimum absolute atomic E-state index is 0.0433. The minimum atomic E-state index is -4.14. The largest absolute Gasteiger partial charge is 0.354 e. The Labute approximate surface area is 240 Å². The van der Waals surface area contributed by atoms with E-state index in [0.29, 0.717) is 27.8 Å². The lowest BCUT2D eigenvalue weighted by Crippen LogP contribution is -2.51. The van der Waals surface area contributed by atoms with Crippen molar-refractivity contribution in [1.29, 1.82) is 0 Å². The van der Waals surface area contributed by atoms with Crippen LogP contribution in [0.15, 0.2) is 77.7 Å². The first-order valence-corrected chi connectivity index (χ1v) is 14.9. The average Bonchev–Trinajstić information content (AvgIpc) is 2.91. The predicted molar refractivity (Wildman–Crippen MR) is 157 cm³/mol. The minimum Gasteiger partial charge on any atom is -0.354 e. The summed E-state index contributed by atoms with van der Waals surface area (Å²) in [6.45, 7) is 5.46. The summed E-state index contributed by atoms with van der Waals surface area (Å²) < 4.78 is 28.7. The molecular formula is C29H33Cl2N3O4S. The second-order valence-electron chi connectivity index (χ2n) is 9.22. The van der Waals surface area contributed by atoms with Crippen LogP contribution < -0.4 is 9.62 Å². The number of aryl methyl sites for hydroxylation is 1. The summed E-state index contributed by atoms with van der Waals surface area (Å²) >= 11 is 12.2. The van der Waals surface area contributed by atoms with E-state index < -0.39 is 28.5 Å². The zero-order valence-corrected chi connectivity index (χ0v) is 24.6. The van der Waals surface area contributed by atoms with E-state index in [0.717, 1.165) is 22.7 Å². The summed E-state index contributed by atoms with van der Waals surface area (Å²) in [5, 5.41) is 3.86. The average molecular weight is 591 g/mol. The number of hydrogen-bond acceptors (Lipinski definition) is 4. The standard InChI is InChI=1S/C29H33Cl2N3O4S/c1-4-5-17-32-29(36)22(3)33(19-23-11-13-24(30)14-12-23)28(35)20-34(27-16-15-25(31)18-21(27)2)39(37,38)26-9-7-6-8-10-26/h6-16,18,22H,4-5,17,19-20H2,1-3H3,(H,32,36). The van der Waals surface area contributed by atoms with E-state index >= 15 is 0 Å². The van der Waals surface area contributed by atoms with Crippen molar-refractivity contribution in [3.8, 4) is 0 Å². The van der Waals surface area contributed by atoms with E-state index in [1.54, 1.807) is 74.5 Å². The monoisotopic (exact) mass is 589 g/mol. The lowest BCUT2D eigenvalue weighted by Gasteiger charge is -2.32. The molecule has 0 bridgehead atoms. The highest BCUT2D eigenvalue weighted by Crippen LogP contribution is 2.29. The third-order valence-corrected chi connectivity index (χ3v) is 8.56. The molecule has 3 aromatic rings. The maximum Gasteiger partial charge on any atom is 0.264 e. The number of nitrogens with one attached hydrogen (secondary N) is 1. The number of rotatable bonds is 12. The van der Waals surface area contributed by atoms with Crippen LogP contribution in [0.2, 0.25) is 10.0 Å². The summed E-state index contributed by atoms with van der Waals surface area (Å²) in [5.74, 6) is -0.845. The summed E-state index contributed by atoms with van der Waals surface area (Å²) in [5.41, 5.74) is 1.66. The number of anilines is 1.